The lowest BCUT2D eigenvalue weighted by Crippen LogP contribution is -2.12. The summed E-state index contributed by atoms with van der Waals surface area (Å²) < 4.78 is 0. The van der Waals surface area contributed by atoms with Gasteiger partial charge in [0.15, 0.2) is 0 Å². The van der Waals surface area contributed by atoms with Crippen molar-refractivity contribution < 1.29 is 0 Å². The number of hydrogen-bond donors (Lipinski definition) is 0. The summed E-state index contributed by atoms with van der Waals surface area (Å²) in [5.41, 5.74) is 5.40. The van der Waals surface area contributed by atoms with Crippen molar-refractivity contribution in [2.45, 2.75) is 52.4 Å². The van der Waals surface area contributed by atoms with Gasteiger partial charge in [-0.3, -0.25) is 0 Å². The zero-order valence-corrected chi connectivity index (χ0v) is 30.7. The molecule has 0 bridgehead atoms. The van der Waals surface area contributed by atoms with Crippen molar-refractivity contribution in [3.05, 3.63) is 145 Å². The highest BCUT2D eigenvalue weighted by molar-refractivity contribution is 6.40. The molecule has 52 heavy (non-hydrogen) atoms. The molecule has 11 aromatic rings. The van der Waals surface area contributed by atoms with E-state index in [1.807, 2.05) is 0 Å². The van der Waals surface area contributed by atoms with E-state index < -0.39 is 0 Å². The molecule has 0 heteroatoms. The van der Waals surface area contributed by atoms with Crippen LogP contribution in [0.15, 0.2) is 133 Å². The van der Waals surface area contributed by atoms with E-state index in [1.54, 1.807) is 0 Å². The van der Waals surface area contributed by atoms with Crippen LogP contribution in [0.5, 0.6) is 0 Å². The average molecular weight is 665 g/mol. The minimum absolute atomic E-state index is 0.0340. The fourth-order valence-electron chi connectivity index (χ4n) is 9.40. The third kappa shape index (κ3) is 4.04. The summed E-state index contributed by atoms with van der Waals surface area (Å²) in [7, 11) is 0. The Bertz CT molecular complexity index is 3280. The number of benzene rings is 9. The van der Waals surface area contributed by atoms with Crippen LogP contribution in [0.2, 0.25) is 0 Å². The lowest BCUT2D eigenvalue weighted by atomic mass is 9.82. The first kappa shape index (κ1) is 30.0. The van der Waals surface area contributed by atoms with Crippen molar-refractivity contribution in [2.75, 3.05) is 0 Å². The predicted octanol–water partition coefficient (Wildman–Crippen LogP) is 15.2. The van der Waals surface area contributed by atoms with Gasteiger partial charge >= 0.3 is 0 Å². The molecule has 0 nitrogen and oxygen atoms in total. The molecule has 0 saturated heterocycles. The van der Waals surface area contributed by atoms with Crippen molar-refractivity contribution in [3.63, 3.8) is 0 Å². The normalized spacial score (nSPS) is 13.2. The second-order valence-corrected chi connectivity index (χ2v) is 17.4. The molecule has 0 radical (unpaired) electrons. The molecule has 0 aliphatic rings. The minimum atomic E-state index is 0.0340. The van der Waals surface area contributed by atoms with Gasteiger partial charge in [0.2, 0.25) is 0 Å². The van der Waals surface area contributed by atoms with E-state index in [0.29, 0.717) is 0 Å². The van der Waals surface area contributed by atoms with Gasteiger partial charge in [0.25, 0.3) is 0 Å². The van der Waals surface area contributed by atoms with Gasteiger partial charge in [-0.25, -0.2) is 0 Å². The van der Waals surface area contributed by atoms with Crippen LogP contribution >= 0.6 is 0 Å². The van der Waals surface area contributed by atoms with E-state index >= 15 is 0 Å². The summed E-state index contributed by atoms with van der Waals surface area (Å²) >= 11 is 0. The molecule has 0 aromatic heterocycles. The van der Waals surface area contributed by atoms with E-state index in [0.717, 1.165) is 0 Å². The highest BCUT2D eigenvalue weighted by atomic mass is 14.3. The molecule has 11 rings (SSSR count). The molecule has 0 heterocycles. The molecule has 0 aliphatic carbocycles. The Kier molecular flexibility index (Phi) is 5.75. The number of fused-ring (bicyclic) bond motifs is 11. The molecule has 0 amide bonds. The number of hydrogen-bond acceptors (Lipinski definition) is 0. The first-order chi connectivity index (χ1) is 25.0. The van der Waals surface area contributed by atoms with Crippen molar-refractivity contribution in [3.8, 4) is 11.1 Å². The molecular weight excluding hydrogens is 625 g/mol. The summed E-state index contributed by atoms with van der Waals surface area (Å²) in [6, 6.07) is 51.6. The van der Waals surface area contributed by atoms with Crippen LogP contribution in [0, 0.1) is 0 Å². The van der Waals surface area contributed by atoms with Gasteiger partial charge in [0.05, 0.1) is 0 Å². The van der Waals surface area contributed by atoms with Crippen LogP contribution in [-0.2, 0) is 10.8 Å². The smallest absolute Gasteiger partial charge is 0.00139 e. The Balaban J connectivity index is 1.38. The van der Waals surface area contributed by atoms with E-state index in [-0.39, 0.29) is 10.8 Å². The highest BCUT2D eigenvalue weighted by Crippen LogP contribution is 2.49. The Morgan fingerprint density at radius 2 is 0.827 bits per heavy atom. The van der Waals surface area contributed by atoms with Gasteiger partial charge < -0.3 is 0 Å². The zero-order valence-electron chi connectivity index (χ0n) is 30.7. The molecular formula is C52H40. The second kappa shape index (κ2) is 9.99. The second-order valence-electron chi connectivity index (χ2n) is 17.4. The summed E-state index contributed by atoms with van der Waals surface area (Å²) in [6.07, 6.45) is 0. The maximum Gasteiger partial charge on any atom is -0.00139 e. The monoisotopic (exact) mass is 664 g/mol. The zero-order chi connectivity index (χ0) is 35.3. The van der Waals surface area contributed by atoms with Crippen LogP contribution in [-0.4, -0.2) is 0 Å². The molecule has 0 spiro atoms. The summed E-state index contributed by atoms with van der Waals surface area (Å²) in [5, 5.41) is 24.1. The van der Waals surface area contributed by atoms with Gasteiger partial charge in [-0.05, 0) is 173 Å². The fraction of sp³-hybridized carbons (Fsp3) is 0.154. The van der Waals surface area contributed by atoms with E-state index in [4.69, 9.17) is 0 Å². The van der Waals surface area contributed by atoms with Crippen molar-refractivity contribution >= 4 is 97.0 Å². The van der Waals surface area contributed by atoms with E-state index in [2.05, 4.69) is 175 Å². The average Bonchev–Trinajstić information content (AvgIpc) is 3.64. The maximum atomic E-state index is 2.55. The Hall–Kier alpha value is -5.72. The van der Waals surface area contributed by atoms with Gasteiger partial charge in [0.1, 0.15) is 0 Å². The maximum absolute atomic E-state index is 2.55. The van der Waals surface area contributed by atoms with Crippen LogP contribution in [0.3, 0.4) is 0 Å². The molecule has 0 unspecified atom stereocenters. The van der Waals surface area contributed by atoms with Gasteiger partial charge in [-0.1, -0.05) is 133 Å². The Labute approximate surface area is 304 Å². The van der Waals surface area contributed by atoms with Crippen LogP contribution < -0.4 is 0 Å². The lowest BCUT2D eigenvalue weighted by Gasteiger charge is -2.22. The number of rotatable bonds is 1. The van der Waals surface area contributed by atoms with Gasteiger partial charge in [-0.2, -0.15) is 0 Å². The third-order valence-corrected chi connectivity index (χ3v) is 12.1. The highest BCUT2D eigenvalue weighted by Gasteiger charge is 2.24. The third-order valence-electron chi connectivity index (χ3n) is 12.1. The SMILES string of the molecule is CC(C)(C)c1cc2cc(C(C)(C)C)cc3c4cc5c(cc4c(c1)c23)c(-c1ccc2ccccc2c1)cc1c5cc2cccc3c4ccccc4c1c23. The molecule has 248 valence electrons. The van der Waals surface area contributed by atoms with E-state index in [1.165, 1.54) is 119 Å². The predicted molar refractivity (Wildman–Crippen MR) is 229 cm³/mol. The first-order valence-electron chi connectivity index (χ1n) is 18.8. The molecule has 0 saturated carbocycles. The van der Waals surface area contributed by atoms with Crippen LogP contribution in [0.4, 0.5) is 0 Å². The standard InChI is InChI=1S/C52H40/c1-51(2,3)34-21-33-22-35(52(4,5)6)25-46-44-28-42-40-23-32-14-11-17-37-36-15-9-10-16-38(36)50(49(32)37)47(40)26-39(41(42)27-43(44)45(24-34)48(33)46)31-19-18-29-12-7-8-13-30(29)20-31/h7-28H,1-6H3. The van der Waals surface area contributed by atoms with Crippen molar-refractivity contribution in [2.24, 2.45) is 0 Å². The summed E-state index contributed by atoms with van der Waals surface area (Å²) in [5.74, 6) is 0. The molecule has 0 aliphatic heterocycles. The molecule has 0 atom stereocenters. The van der Waals surface area contributed by atoms with Crippen molar-refractivity contribution in [1.82, 2.24) is 0 Å². The molecule has 0 fully saturated rings. The van der Waals surface area contributed by atoms with Gasteiger partial charge in [0, 0.05) is 0 Å². The molecule has 0 N–H and O–H groups in total. The minimum Gasteiger partial charge on any atom is -0.0616 e. The Morgan fingerprint density at radius 3 is 1.54 bits per heavy atom. The fourth-order valence-corrected chi connectivity index (χ4v) is 9.40. The first-order valence-corrected chi connectivity index (χ1v) is 18.8. The Morgan fingerprint density at radius 1 is 0.288 bits per heavy atom. The van der Waals surface area contributed by atoms with Crippen molar-refractivity contribution in [1.29, 1.82) is 0 Å². The molecule has 11 aromatic carbocycles. The van der Waals surface area contributed by atoms with Crippen LogP contribution in [0.25, 0.3) is 108 Å². The summed E-state index contributed by atoms with van der Waals surface area (Å²) in [6.45, 7) is 14.1. The quantitative estimate of drug-likeness (QED) is 0.121. The lowest BCUT2D eigenvalue weighted by molar-refractivity contribution is 0.590. The topological polar surface area (TPSA) is 0 Å². The van der Waals surface area contributed by atoms with Gasteiger partial charge in [-0.15, -0.1) is 0 Å². The van der Waals surface area contributed by atoms with Crippen LogP contribution in [0.1, 0.15) is 52.7 Å². The van der Waals surface area contributed by atoms with E-state index in [9.17, 15) is 0 Å². The largest absolute Gasteiger partial charge is 0.0616 e. The summed E-state index contributed by atoms with van der Waals surface area (Å²) in [4.78, 5) is 0.